The van der Waals surface area contributed by atoms with Crippen LogP contribution in [0.4, 0.5) is 4.79 Å². The third kappa shape index (κ3) is 11.7. The minimum atomic E-state index is -0.634. The Hall–Kier alpha value is -3.57. The molecule has 330 valence electrons. The predicted octanol–water partition coefficient (Wildman–Crippen LogP) is 8.80. The van der Waals surface area contributed by atoms with Crippen molar-refractivity contribution < 1.29 is 23.9 Å². The number of aromatic nitrogens is 4. The first-order valence-electron chi connectivity index (χ1n) is 20.6. The molecule has 3 N–H and O–H groups in total. The first kappa shape index (κ1) is 50.8. The number of rotatable bonds is 7. The smallest absolute Gasteiger partial charge is 0.407 e. The van der Waals surface area contributed by atoms with Gasteiger partial charge in [-0.1, -0.05) is 95.0 Å². The summed E-state index contributed by atoms with van der Waals surface area (Å²) in [4.78, 5) is 60.2. The van der Waals surface area contributed by atoms with Crippen LogP contribution in [0.3, 0.4) is 0 Å². The number of nitrogens with zero attached hydrogens (tertiary/aromatic N) is 4. The second-order valence-electron chi connectivity index (χ2n) is 16.0. The van der Waals surface area contributed by atoms with E-state index in [0.717, 1.165) is 115 Å². The number of aromatic amines is 2. The van der Waals surface area contributed by atoms with Crippen molar-refractivity contribution in [3.8, 4) is 33.6 Å². The van der Waals surface area contributed by atoms with Crippen LogP contribution < -0.4 is 5.32 Å². The van der Waals surface area contributed by atoms with E-state index in [2.05, 4.69) is 77.7 Å². The number of H-pyrrole nitrogens is 2. The zero-order valence-electron chi connectivity index (χ0n) is 35.3. The lowest BCUT2D eigenvalue weighted by atomic mass is 9.96. The van der Waals surface area contributed by atoms with Crippen LogP contribution in [0.25, 0.3) is 33.6 Å². The van der Waals surface area contributed by atoms with Crippen LogP contribution >= 0.6 is 54.0 Å². The minimum absolute atomic E-state index is 0. The molecule has 5 heterocycles. The van der Waals surface area contributed by atoms with E-state index >= 15 is 0 Å². The monoisotopic (exact) mass is 899 g/mol. The van der Waals surface area contributed by atoms with Crippen molar-refractivity contribution >= 4 is 71.9 Å². The highest BCUT2D eigenvalue weighted by molar-refractivity contribution is 7.59. The number of likely N-dealkylation sites (tertiary alicyclic amines) is 1. The summed E-state index contributed by atoms with van der Waals surface area (Å²) in [7, 11) is 1.33. The Morgan fingerprint density at radius 1 is 0.767 bits per heavy atom. The van der Waals surface area contributed by atoms with E-state index in [4.69, 9.17) is 19.4 Å². The molecule has 3 aliphatic rings. The van der Waals surface area contributed by atoms with E-state index < -0.39 is 12.1 Å². The molecule has 2 bridgehead atoms. The molecule has 0 saturated carbocycles. The number of hydrogen-bond acceptors (Lipinski definition) is 7. The Morgan fingerprint density at radius 2 is 1.38 bits per heavy atom. The van der Waals surface area contributed by atoms with Crippen LogP contribution in [0.5, 0.6) is 0 Å². The lowest BCUT2D eigenvalue weighted by molar-refractivity contribution is -0.137. The van der Waals surface area contributed by atoms with Crippen molar-refractivity contribution in [3.05, 3.63) is 72.1 Å². The maximum atomic E-state index is 13.9. The van der Waals surface area contributed by atoms with Gasteiger partial charge in [-0.05, 0) is 61.1 Å². The molecule has 0 unspecified atom stereocenters. The van der Waals surface area contributed by atoms with Gasteiger partial charge in [0.1, 0.15) is 17.7 Å². The van der Waals surface area contributed by atoms with Gasteiger partial charge in [0, 0.05) is 31.2 Å². The average molecular weight is 900 g/mol. The molecule has 12 nitrogen and oxygen atoms in total. The molecular weight excluding hydrogens is 835 g/mol. The van der Waals surface area contributed by atoms with Crippen LogP contribution in [0.2, 0.25) is 0 Å². The number of methoxy groups -OCH3 is 1. The number of ether oxygens (including phenoxy) is 2. The van der Waals surface area contributed by atoms with Gasteiger partial charge in [0.15, 0.2) is 0 Å². The number of hydrogen-bond donors (Lipinski definition) is 3. The Bertz CT molecular complexity index is 1970. The fraction of sp³-hybridized carbons (Fsp3) is 0.523. The zero-order chi connectivity index (χ0) is 39.2. The molecule has 2 aromatic heterocycles. The molecule has 0 aliphatic carbocycles. The highest BCUT2D eigenvalue weighted by Gasteiger charge is 2.37. The molecule has 4 atom stereocenters. The standard InChI is InChI=1S/C44H57N7O5.4H2S/c1-28(2)29(3)42(52)50-23-10-13-37(50)40-45-26-35(46-40)32-19-15-30(16-20-32)31-17-21-33(22-18-31)39-36-27-56-25-9-7-5-6-8-12-34(48-44(54)55-4)43(53)51-24-11-14-38(51)41(47-36)49-39;;;;/h15-22,26,28-29,34,37-38H,5-14,23-25,27H2,1-4H3,(H,45,46)(H,47,49)(H,48,54);4*1H2/t29-,34-,37-,38-;;;;/m0..../s1. The van der Waals surface area contributed by atoms with Crippen molar-refractivity contribution in [2.24, 2.45) is 11.8 Å². The molecule has 4 aromatic rings. The van der Waals surface area contributed by atoms with Crippen LogP contribution in [0, 0.1) is 11.8 Å². The molecule has 60 heavy (non-hydrogen) atoms. The molecule has 0 radical (unpaired) electrons. The number of fused-ring (bicyclic) bond motifs is 4. The van der Waals surface area contributed by atoms with E-state index in [1.54, 1.807) is 0 Å². The lowest BCUT2D eigenvalue weighted by Gasteiger charge is -2.28. The third-order valence-corrected chi connectivity index (χ3v) is 12.0. The predicted molar refractivity (Wildman–Crippen MR) is 257 cm³/mol. The van der Waals surface area contributed by atoms with Crippen LogP contribution in [-0.2, 0) is 25.7 Å². The van der Waals surface area contributed by atoms with Gasteiger partial charge in [-0.3, -0.25) is 9.59 Å². The number of alkyl carbamates (subject to hydrolysis) is 1. The molecular formula is C44H65N7O5S4. The molecule has 2 fully saturated rings. The molecule has 7 rings (SSSR count). The maximum absolute atomic E-state index is 13.9. The molecule has 3 amide bonds. The van der Waals surface area contributed by atoms with Gasteiger partial charge in [-0.15, -0.1) is 0 Å². The summed E-state index contributed by atoms with van der Waals surface area (Å²) in [5.41, 5.74) is 6.84. The normalized spacial score (nSPS) is 20.1. The lowest BCUT2D eigenvalue weighted by Crippen LogP contribution is -2.48. The molecule has 2 aromatic carbocycles. The number of carbonyl (C=O) groups is 3. The van der Waals surface area contributed by atoms with E-state index in [0.29, 0.717) is 32.1 Å². The van der Waals surface area contributed by atoms with Gasteiger partial charge in [0.2, 0.25) is 11.8 Å². The van der Waals surface area contributed by atoms with Gasteiger partial charge >= 0.3 is 6.09 Å². The zero-order valence-corrected chi connectivity index (χ0v) is 39.3. The van der Waals surface area contributed by atoms with Crippen LogP contribution in [-0.4, -0.2) is 80.5 Å². The van der Waals surface area contributed by atoms with E-state index in [-0.39, 0.29) is 83.8 Å². The first-order chi connectivity index (χ1) is 27.2. The fourth-order valence-electron chi connectivity index (χ4n) is 8.34. The summed E-state index contributed by atoms with van der Waals surface area (Å²) in [6.45, 7) is 8.68. The topological polar surface area (TPSA) is 146 Å². The second kappa shape index (κ2) is 23.6. The van der Waals surface area contributed by atoms with Gasteiger partial charge in [0.05, 0.1) is 49.1 Å². The Kier molecular flexibility index (Phi) is 20.0. The van der Waals surface area contributed by atoms with E-state index in [1.165, 1.54) is 7.11 Å². The van der Waals surface area contributed by atoms with Crippen molar-refractivity contribution in [1.82, 2.24) is 35.1 Å². The number of imidazole rings is 2. The summed E-state index contributed by atoms with van der Waals surface area (Å²) < 4.78 is 11.0. The third-order valence-electron chi connectivity index (χ3n) is 12.0. The SMILES string of the molecule is COC(=O)N[C@H]1CCCCCCCOCc2[nH]c(nc2-c2ccc(-c3ccc(-c4cnc([C@@H]5CCCN5C(=O)[C@@H](C)C(C)C)[nH]4)cc3)cc2)[C@@H]2CCCN2C1=O.S.S.S.S. The Labute approximate surface area is 382 Å². The van der Waals surface area contributed by atoms with Crippen molar-refractivity contribution in [2.45, 2.75) is 110 Å². The van der Waals surface area contributed by atoms with Gasteiger partial charge in [0.25, 0.3) is 0 Å². The van der Waals surface area contributed by atoms with Gasteiger partial charge in [-0.25, -0.2) is 14.8 Å². The molecule has 3 aliphatic heterocycles. The number of carbonyl (C=O) groups excluding carboxylic acids is 3. The Balaban J connectivity index is 0.00000240. The maximum Gasteiger partial charge on any atom is 0.407 e. The highest BCUT2D eigenvalue weighted by atomic mass is 32.1. The molecule has 16 heteroatoms. The summed E-state index contributed by atoms with van der Waals surface area (Å²) in [6, 6.07) is 16.0. The van der Waals surface area contributed by atoms with Gasteiger partial charge in [-0.2, -0.15) is 54.0 Å². The minimum Gasteiger partial charge on any atom is -0.453 e. The van der Waals surface area contributed by atoms with Crippen molar-refractivity contribution in [1.29, 1.82) is 0 Å². The summed E-state index contributed by atoms with van der Waals surface area (Å²) in [6.07, 6.45) is 10.3. The van der Waals surface area contributed by atoms with Crippen molar-refractivity contribution in [2.75, 3.05) is 26.8 Å². The van der Waals surface area contributed by atoms with Gasteiger partial charge < -0.3 is 34.6 Å². The first-order valence-corrected chi connectivity index (χ1v) is 20.6. The Morgan fingerprint density at radius 3 is 2.07 bits per heavy atom. The van der Waals surface area contributed by atoms with E-state index in [1.807, 2.05) is 22.9 Å². The molecule has 0 spiro atoms. The second-order valence-corrected chi connectivity index (χ2v) is 16.0. The number of benzene rings is 2. The summed E-state index contributed by atoms with van der Waals surface area (Å²) in [5, 5.41) is 2.80. The fourth-order valence-corrected chi connectivity index (χ4v) is 8.34. The van der Waals surface area contributed by atoms with Crippen LogP contribution in [0.1, 0.15) is 114 Å². The summed E-state index contributed by atoms with van der Waals surface area (Å²) >= 11 is 0. The molecule has 2 saturated heterocycles. The highest BCUT2D eigenvalue weighted by Crippen LogP contribution is 2.36. The number of amides is 3. The summed E-state index contributed by atoms with van der Waals surface area (Å²) in [5.74, 6) is 2.00. The number of nitrogens with one attached hydrogen (secondary N) is 3. The average Bonchev–Trinajstić information content (AvgIpc) is 4.05. The van der Waals surface area contributed by atoms with Crippen LogP contribution in [0.15, 0.2) is 54.7 Å². The van der Waals surface area contributed by atoms with E-state index in [9.17, 15) is 14.4 Å². The quantitative estimate of drug-likeness (QED) is 0.168. The largest absolute Gasteiger partial charge is 0.453 e. The van der Waals surface area contributed by atoms with Crippen molar-refractivity contribution in [3.63, 3.8) is 0 Å².